The number of benzene rings is 1. The van der Waals surface area contributed by atoms with Gasteiger partial charge in [0.05, 0.1) is 17.8 Å². The van der Waals surface area contributed by atoms with E-state index in [0.29, 0.717) is 24.9 Å². The molecule has 4 heterocycles. The molecule has 0 saturated carbocycles. The number of rotatable bonds is 3. The summed E-state index contributed by atoms with van der Waals surface area (Å²) >= 11 is 0. The molecular formula is C18H21N7O2. The average molecular weight is 367 g/mol. The van der Waals surface area contributed by atoms with Gasteiger partial charge in [0.25, 0.3) is 11.8 Å². The highest BCUT2D eigenvalue weighted by Gasteiger charge is 2.31. The van der Waals surface area contributed by atoms with Crippen molar-refractivity contribution in [1.29, 1.82) is 0 Å². The van der Waals surface area contributed by atoms with Crippen molar-refractivity contribution in [3.05, 3.63) is 24.4 Å². The van der Waals surface area contributed by atoms with Crippen LogP contribution < -0.4 is 10.2 Å². The van der Waals surface area contributed by atoms with Crippen molar-refractivity contribution >= 4 is 22.8 Å². The normalized spacial score (nSPS) is 18.1. The van der Waals surface area contributed by atoms with E-state index >= 15 is 0 Å². The van der Waals surface area contributed by atoms with Gasteiger partial charge in [-0.2, -0.15) is 10.1 Å². The molecule has 2 aromatic heterocycles. The van der Waals surface area contributed by atoms with Gasteiger partial charge in [0.2, 0.25) is 5.91 Å². The highest BCUT2D eigenvalue weighted by molar-refractivity contribution is 5.83. The van der Waals surface area contributed by atoms with E-state index in [9.17, 15) is 4.79 Å². The number of hydrogen-bond donors (Lipinski definition) is 1. The zero-order chi connectivity index (χ0) is 18.4. The summed E-state index contributed by atoms with van der Waals surface area (Å²) in [5.74, 6) is 1.25. The molecule has 27 heavy (non-hydrogen) atoms. The van der Waals surface area contributed by atoms with Crippen LogP contribution in [-0.2, 0) is 4.79 Å². The molecule has 0 unspecified atom stereocenters. The summed E-state index contributed by atoms with van der Waals surface area (Å²) in [6, 6.07) is 6.24. The van der Waals surface area contributed by atoms with Gasteiger partial charge < -0.3 is 19.6 Å². The lowest BCUT2D eigenvalue weighted by Gasteiger charge is -2.38. The molecule has 1 aromatic carbocycles. The standard InChI is InChI=1S/C18H21N7O2/c1-12(26)24-10-15(11-24)25-16-8-13(2-3-14(16)9-20-25)17-21-18(22-27-17)23-6-4-19-5-7-23/h2-3,8-9,15,19H,4-7,10-11H2,1H3. The molecule has 2 saturated heterocycles. The fourth-order valence-corrected chi connectivity index (χ4v) is 3.66. The summed E-state index contributed by atoms with van der Waals surface area (Å²) in [5.41, 5.74) is 1.89. The van der Waals surface area contributed by atoms with Crippen molar-refractivity contribution in [1.82, 2.24) is 30.1 Å². The van der Waals surface area contributed by atoms with Crippen LogP contribution in [-0.4, -0.2) is 70.0 Å². The molecule has 9 nitrogen and oxygen atoms in total. The number of aromatic nitrogens is 4. The van der Waals surface area contributed by atoms with E-state index in [1.165, 1.54) is 0 Å². The Balaban J connectivity index is 1.42. The van der Waals surface area contributed by atoms with Gasteiger partial charge in [0.1, 0.15) is 0 Å². The third-order valence-electron chi connectivity index (χ3n) is 5.31. The molecule has 3 aromatic rings. The Bertz CT molecular complexity index is 983. The van der Waals surface area contributed by atoms with Crippen LogP contribution in [0.2, 0.25) is 0 Å². The maximum atomic E-state index is 11.4. The lowest BCUT2D eigenvalue weighted by Crippen LogP contribution is -2.50. The monoisotopic (exact) mass is 367 g/mol. The van der Waals surface area contributed by atoms with Crippen molar-refractivity contribution < 1.29 is 9.32 Å². The number of likely N-dealkylation sites (tertiary alicyclic amines) is 1. The van der Waals surface area contributed by atoms with Gasteiger partial charge in [-0.05, 0) is 17.3 Å². The Labute approximate surface area is 155 Å². The minimum atomic E-state index is 0.106. The van der Waals surface area contributed by atoms with Gasteiger partial charge >= 0.3 is 0 Å². The number of nitrogens with zero attached hydrogens (tertiary/aromatic N) is 6. The first-order valence-electron chi connectivity index (χ1n) is 9.21. The van der Waals surface area contributed by atoms with Gasteiger partial charge in [0, 0.05) is 57.1 Å². The number of anilines is 1. The maximum Gasteiger partial charge on any atom is 0.266 e. The van der Waals surface area contributed by atoms with Crippen LogP contribution in [0.25, 0.3) is 22.4 Å². The molecule has 2 fully saturated rings. The Morgan fingerprint density at radius 2 is 2.07 bits per heavy atom. The minimum absolute atomic E-state index is 0.106. The number of carbonyl (C=O) groups excluding carboxylic acids is 1. The summed E-state index contributed by atoms with van der Waals surface area (Å²) in [6.07, 6.45) is 1.86. The van der Waals surface area contributed by atoms with Crippen LogP contribution in [0.3, 0.4) is 0 Å². The highest BCUT2D eigenvalue weighted by Crippen LogP contribution is 2.29. The highest BCUT2D eigenvalue weighted by atomic mass is 16.5. The molecule has 1 N–H and O–H groups in total. The van der Waals surface area contributed by atoms with Gasteiger partial charge in [-0.15, -0.1) is 0 Å². The summed E-state index contributed by atoms with van der Waals surface area (Å²) < 4.78 is 7.50. The Kier molecular flexibility index (Phi) is 3.82. The Hall–Kier alpha value is -2.94. The quantitative estimate of drug-likeness (QED) is 0.735. The van der Waals surface area contributed by atoms with Crippen LogP contribution >= 0.6 is 0 Å². The van der Waals surface area contributed by atoms with E-state index in [1.807, 2.05) is 34.0 Å². The number of nitrogens with one attached hydrogen (secondary N) is 1. The first-order valence-corrected chi connectivity index (χ1v) is 9.21. The lowest BCUT2D eigenvalue weighted by molar-refractivity contribution is -0.134. The fraction of sp³-hybridized carbons (Fsp3) is 0.444. The van der Waals surface area contributed by atoms with E-state index in [-0.39, 0.29) is 11.9 Å². The molecule has 0 radical (unpaired) electrons. The van der Waals surface area contributed by atoms with E-state index < -0.39 is 0 Å². The summed E-state index contributed by atoms with van der Waals surface area (Å²) in [7, 11) is 0. The summed E-state index contributed by atoms with van der Waals surface area (Å²) in [5, 5.41) is 13.0. The fourth-order valence-electron chi connectivity index (χ4n) is 3.66. The third-order valence-corrected chi connectivity index (χ3v) is 5.31. The van der Waals surface area contributed by atoms with Crippen molar-refractivity contribution in [3.8, 4) is 11.5 Å². The van der Waals surface area contributed by atoms with E-state index in [4.69, 9.17) is 4.52 Å². The number of fused-ring (bicyclic) bond motifs is 1. The topological polar surface area (TPSA) is 92.3 Å². The number of carbonyl (C=O) groups is 1. The first-order chi connectivity index (χ1) is 13.2. The molecule has 0 spiro atoms. The molecule has 0 atom stereocenters. The summed E-state index contributed by atoms with van der Waals surface area (Å²) in [6.45, 7) is 6.59. The largest absolute Gasteiger partial charge is 0.339 e. The van der Waals surface area contributed by atoms with Crippen LogP contribution in [0.4, 0.5) is 5.95 Å². The predicted molar refractivity (Wildman–Crippen MR) is 99.4 cm³/mol. The molecule has 2 aliphatic rings. The maximum absolute atomic E-state index is 11.4. The second-order valence-corrected chi connectivity index (χ2v) is 7.08. The molecule has 2 aliphatic heterocycles. The van der Waals surface area contributed by atoms with Gasteiger partial charge in [-0.1, -0.05) is 6.07 Å². The second kappa shape index (κ2) is 6.34. The number of amides is 1. The lowest BCUT2D eigenvalue weighted by atomic mass is 10.1. The number of piperazine rings is 1. The predicted octanol–water partition coefficient (Wildman–Crippen LogP) is 0.899. The number of hydrogen-bond acceptors (Lipinski definition) is 7. The first kappa shape index (κ1) is 16.2. The van der Waals surface area contributed by atoms with Gasteiger partial charge in [0.15, 0.2) is 0 Å². The van der Waals surface area contributed by atoms with Crippen LogP contribution in [0.1, 0.15) is 13.0 Å². The molecule has 9 heteroatoms. The van der Waals surface area contributed by atoms with Crippen molar-refractivity contribution in [2.75, 3.05) is 44.2 Å². The van der Waals surface area contributed by atoms with Crippen molar-refractivity contribution in [3.63, 3.8) is 0 Å². The van der Waals surface area contributed by atoms with E-state index in [2.05, 4.69) is 25.5 Å². The Morgan fingerprint density at radius 1 is 1.26 bits per heavy atom. The van der Waals surface area contributed by atoms with E-state index in [0.717, 1.165) is 42.6 Å². The van der Waals surface area contributed by atoms with Crippen molar-refractivity contribution in [2.24, 2.45) is 0 Å². The zero-order valence-corrected chi connectivity index (χ0v) is 15.1. The molecular weight excluding hydrogens is 346 g/mol. The third kappa shape index (κ3) is 2.84. The smallest absolute Gasteiger partial charge is 0.266 e. The molecule has 5 rings (SSSR count). The van der Waals surface area contributed by atoms with Crippen LogP contribution in [0.5, 0.6) is 0 Å². The summed E-state index contributed by atoms with van der Waals surface area (Å²) in [4.78, 5) is 20.0. The van der Waals surface area contributed by atoms with Crippen LogP contribution in [0.15, 0.2) is 28.9 Å². The zero-order valence-electron chi connectivity index (χ0n) is 15.1. The Morgan fingerprint density at radius 3 is 2.85 bits per heavy atom. The molecule has 0 aliphatic carbocycles. The van der Waals surface area contributed by atoms with Gasteiger partial charge in [-0.3, -0.25) is 9.48 Å². The average Bonchev–Trinajstić information content (AvgIpc) is 3.28. The van der Waals surface area contributed by atoms with Crippen LogP contribution in [0, 0.1) is 0 Å². The second-order valence-electron chi connectivity index (χ2n) is 7.08. The molecule has 140 valence electrons. The van der Waals surface area contributed by atoms with Gasteiger partial charge in [-0.25, -0.2) is 0 Å². The SMILES string of the molecule is CC(=O)N1CC(n2ncc3ccc(-c4nc(N5CCNCC5)no4)cc32)C1. The molecule has 0 bridgehead atoms. The molecule has 1 amide bonds. The van der Waals surface area contributed by atoms with Crippen molar-refractivity contribution in [2.45, 2.75) is 13.0 Å². The van der Waals surface area contributed by atoms with E-state index in [1.54, 1.807) is 6.92 Å². The minimum Gasteiger partial charge on any atom is -0.339 e.